The number of morpholine rings is 1. The molecule has 0 atom stereocenters. The summed E-state index contributed by atoms with van der Waals surface area (Å²) in [5, 5.41) is 0.852. The molecule has 1 aliphatic carbocycles. The largest absolute Gasteiger partial charge is 0.432 e. The fraction of sp³-hybridized carbons (Fsp3) is 0.357. The minimum atomic E-state index is -0.708. The van der Waals surface area contributed by atoms with Crippen molar-refractivity contribution < 1.29 is 13.4 Å². The minimum absolute atomic E-state index is 0.532. The highest BCUT2D eigenvalue weighted by Gasteiger charge is 2.26. The summed E-state index contributed by atoms with van der Waals surface area (Å²) in [4.78, 5) is 23.0. The van der Waals surface area contributed by atoms with Crippen LogP contribution >= 0.6 is 0 Å². The molecule has 2 saturated heterocycles. The van der Waals surface area contributed by atoms with Crippen LogP contribution < -0.4 is 4.90 Å². The zero-order valence-corrected chi connectivity index (χ0v) is 21.7. The van der Waals surface area contributed by atoms with Gasteiger partial charge in [-0.15, -0.1) is 0 Å². The van der Waals surface area contributed by atoms with Crippen molar-refractivity contribution in [3.8, 4) is 11.4 Å². The lowest BCUT2D eigenvalue weighted by atomic mass is 10.0. The molecule has 0 bridgehead atoms. The molecule has 0 unspecified atom stereocenters. The van der Waals surface area contributed by atoms with Crippen molar-refractivity contribution in [1.29, 1.82) is 0 Å². The SMILES string of the molecule is [C-]#[N+]C1=CCc2cccc(-c3nc(N4CCOCC4)c4oc5ncc(CN6CCS(=O)CC6)cc5c4n3)c21. The average Bonchev–Trinajstić information content (AvgIpc) is 3.55. The molecule has 0 amide bonds. The molecule has 0 radical (unpaired) electrons. The summed E-state index contributed by atoms with van der Waals surface area (Å²) in [5.41, 5.74) is 6.50. The molecule has 9 nitrogen and oxygen atoms in total. The molecule has 0 N–H and O–H groups in total. The monoisotopic (exact) mass is 526 g/mol. The Labute approximate surface area is 222 Å². The molecule has 192 valence electrons. The second kappa shape index (κ2) is 9.58. The molecular weight excluding hydrogens is 500 g/mol. The molecule has 1 aromatic carbocycles. The Balaban J connectivity index is 1.39. The molecule has 0 spiro atoms. The molecule has 0 saturated carbocycles. The zero-order chi connectivity index (χ0) is 25.6. The van der Waals surface area contributed by atoms with Crippen molar-refractivity contribution in [2.24, 2.45) is 0 Å². The van der Waals surface area contributed by atoms with E-state index in [1.54, 1.807) is 0 Å². The Morgan fingerprint density at radius 3 is 2.76 bits per heavy atom. The predicted octanol–water partition coefficient (Wildman–Crippen LogP) is 3.66. The molecule has 7 rings (SSSR count). The zero-order valence-electron chi connectivity index (χ0n) is 20.9. The van der Waals surface area contributed by atoms with E-state index < -0.39 is 10.8 Å². The first-order valence-corrected chi connectivity index (χ1v) is 14.4. The van der Waals surface area contributed by atoms with Gasteiger partial charge in [0, 0.05) is 66.8 Å². The van der Waals surface area contributed by atoms with E-state index in [0.29, 0.717) is 60.6 Å². The number of fused-ring (bicyclic) bond motifs is 4. The van der Waals surface area contributed by atoms with Crippen LogP contribution in [0.1, 0.15) is 16.7 Å². The molecule has 3 aromatic heterocycles. The van der Waals surface area contributed by atoms with Gasteiger partial charge in [0.15, 0.2) is 22.9 Å². The maximum absolute atomic E-state index is 11.8. The summed E-state index contributed by atoms with van der Waals surface area (Å²) < 4.78 is 23.7. The van der Waals surface area contributed by atoms with Gasteiger partial charge in [0.25, 0.3) is 0 Å². The van der Waals surface area contributed by atoms with Crippen LogP contribution in [0, 0.1) is 6.57 Å². The van der Waals surface area contributed by atoms with Gasteiger partial charge >= 0.3 is 0 Å². The van der Waals surface area contributed by atoms with Gasteiger partial charge in [-0.05, 0) is 29.2 Å². The highest BCUT2D eigenvalue weighted by atomic mass is 32.2. The maximum atomic E-state index is 11.8. The normalized spacial score (nSPS) is 18.6. The quantitative estimate of drug-likeness (QED) is 0.373. The molecule has 4 aromatic rings. The smallest absolute Gasteiger partial charge is 0.229 e. The van der Waals surface area contributed by atoms with E-state index in [9.17, 15) is 4.21 Å². The first kappa shape index (κ1) is 23.5. The summed E-state index contributed by atoms with van der Waals surface area (Å²) in [6.07, 6.45) is 4.57. The molecule has 10 heteroatoms. The summed E-state index contributed by atoms with van der Waals surface area (Å²) >= 11 is 0. The van der Waals surface area contributed by atoms with Crippen molar-refractivity contribution in [1.82, 2.24) is 19.9 Å². The summed E-state index contributed by atoms with van der Waals surface area (Å²) in [7, 11) is -0.708. The highest BCUT2D eigenvalue weighted by Crippen LogP contribution is 2.39. The third-order valence-corrected chi connectivity index (χ3v) is 8.76. The third-order valence-electron chi connectivity index (χ3n) is 7.48. The average molecular weight is 527 g/mol. The second-order valence-corrected chi connectivity index (χ2v) is 11.5. The van der Waals surface area contributed by atoms with Gasteiger partial charge in [-0.25, -0.2) is 19.8 Å². The number of benzene rings is 1. The highest BCUT2D eigenvalue weighted by molar-refractivity contribution is 7.85. The van der Waals surface area contributed by atoms with Crippen LogP contribution in [0.5, 0.6) is 0 Å². The van der Waals surface area contributed by atoms with Gasteiger partial charge in [-0.2, -0.15) is 0 Å². The number of nitrogens with zero attached hydrogens (tertiary/aromatic N) is 6. The van der Waals surface area contributed by atoms with Crippen LogP contribution in [0.25, 0.3) is 44.1 Å². The van der Waals surface area contributed by atoms with E-state index in [1.807, 2.05) is 24.4 Å². The van der Waals surface area contributed by atoms with Crippen molar-refractivity contribution in [3.63, 3.8) is 0 Å². The molecule has 5 heterocycles. The summed E-state index contributed by atoms with van der Waals surface area (Å²) in [5.74, 6) is 2.74. The van der Waals surface area contributed by atoms with Crippen LogP contribution in [0.4, 0.5) is 5.82 Å². The number of anilines is 1. The lowest BCUT2D eigenvalue weighted by Gasteiger charge is -2.28. The first-order valence-electron chi connectivity index (χ1n) is 12.9. The van der Waals surface area contributed by atoms with Crippen LogP contribution in [0.2, 0.25) is 0 Å². The summed E-state index contributed by atoms with van der Waals surface area (Å²) in [6, 6.07) is 8.18. The number of ether oxygens (including phenoxy) is 1. The molecule has 3 aliphatic rings. The number of pyridine rings is 1. The fourth-order valence-electron chi connectivity index (χ4n) is 5.52. The summed E-state index contributed by atoms with van der Waals surface area (Å²) in [6.45, 7) is 12.7. The predicted molar refractivity (Wildman–Crippen MR) is 147 cm³/mol. The van der Waals surface area contributed by atoms with Crippen LogP contribution in [-0.2, 0) is 28.5 Å². The van der Waals surface area contributed by atoms with Gasteiger partial charge in [0.05, 0.1) is 25.2 Å². The van der Waals surface area contributed by atoms with Gasteiger partial charge in [-0.1, -0.05) is 24.3 Å². The Bertz CT molecular complexity index is 1660. The Kier molecular flexibility index (Phi) is 5.92. The number of rotatable bonds is 4. The van der Waals surface area contributed by atoms with E-state index >= 15 is 0 Å². The van der Waals surface area contributed by atoms with E-state index in [0.717, 1.165) is 65.0 Å². The maximum Gasteiger partial charge on any atom is 0.229 e. The third kappa shape index (κ3) is 4.07. The van der Waals surface area contributed by atoms with Gasteiger partial charge in [0.1, 0.15) is 5.52 Å². The molecule has 2 fully saturated rings. The lowest BCUT2D eigenvalue weighted by Crippen LogP contribution is -2.37. The Hall–Kier alpha value is -3.65. The van der Waals surface area contributed by atoms with Crippen LogP contribution in [0.15, 0.2) is 41.0 Å². The number of allylic oxidation sites excluding steroid dienone is 1. The van der Waals surface area contributed by atoms with E-state index in [2.05, 4.69) is 31.8 Å². The van der Waals surface area contributed by atoms with E-state index in [1.165, 1.54) is 0 Å². The fourth-order valence-corrected chi connectivity index (χ4v) is 6.64. The number of hydrogen-bond acceptors (Lipinski definition) is 8. The standard InChI is InChI=1S/C28H26N6O3S/c1-29-22-6-5-19-3-2-4-20(23(19)22)26-31-24-21-15-18(17-33-9-13-38(35)14-10-33)16-30-28(21)37-25(24)27(32-26)34-7-11-36-12-8-34/h2-4,6,15-16H,5,7-14,17H2. The van der Waals surface area contributed by atoms with Crippen molar-refractivity contribution in [2.75, 3.05) is 55.8 Å². The second-order valence-electron chi connectivity index (χ2n) is 9.82. The van der Waals surface area contributed by atoms with E-state index in [-0.39, 0.29) is 0 Å². The van der Waals surface area contributed by atoms with Crippen LogP contribution in [-0.4, -0.2) is 75.0 Å². The van der Waals surface area contributed by atoms with E-state index in [4.69, 9.17) is 25.7 Å². The van der Waals surface area contributed by atoms with Gasteiger partial charge in [-0.3, -0.25) is 9.11 Å². The topological polar surface area (TPSA) is 89.0 Å². The van der Waals surface area contributed by atoms with Crippen molar-refractivity contribution in [2.45, 2.75) is 13.0 Å². The van der Waals surface area contributed by atoms with Gasteiger partial charge < -0.3 is 14.1 Å². The molecule has 2 aliphatic heterocycles. The number of hydrogen-bond donors (Lipinski definition) is 0. The van der Waals surface area contributed by atoms with Crippen molar-refractivity contribution in [3.05, 3.63) is 64.6 Å². The minimum Gasteiger partial charge on any atom is -0.432 e. The van der Waals surface area contributed by atoms with Crippen molar-refractivity contribution >= 4 is 44.5 Å². The lowest BCUT2D eigenvalue weighted by molar-refractivity contribution is 0.122. The van der Waals surface area contributed by atoms with Gasteiger partial charge in [0.2, 0.25) is 5.71 Å². The Morgan fingerprint density at radius 1 is 1.11 bits per heavy atom. The Morgan fingerprint density at radius 2 is 1.95 bits per heavy atom. The number of aromatic nitrogens is 3. The molecular formula is C28H26N6O3S. The molecule has 38 heavy (non-hydrogen) atoms. The van der Waals surface area contributed by atoms with Crippen LogP contribution in [0.3, 0.4) is 0 Å². The number of furan rings is 1. The first-order chi connectivity index (χ1) is 18.7.